The Labute approximate surface area is 194 Å². The molecule has 0 spiro atoms. The van der Waals surface area contributed by atoms with Crippen LogP contribution in [0, 0.1) is 0 Å². The lowest BCUT2D eigenvalue weighted by Gasteiger charge is -2.11. The molecule has 0 saturated carbocycles. The number of ether oxygens (including phenoxy) is 2. The fourth-order valence-corrected chi connectivity index (χ4v) is 4.55. The van der Waals surface area contributed by atoms with Crippen molar-refractivity contribution in [3.63, 3.8) is 0 Å². The van der Waals surface area contributed by atoms with Crippen molar-refractivity contribution in [2.45, 2.75) is 11.7 Å². The lowest BCUT2D eigenvalue weighted by atomic mass is 10.2. The van der Waals surface area contributed by atoms with Crippen LogP contribution in [-0.4, -0.2) is 40.6 Å². The van der Waals surface area contributed by atoms with Crippen molar-refractivity contribution in [3.05, 3.63) is 71.6 Å². The summed E-state index contributed by atoms with van der Waals surface area (Å²) in [6.07, 6.45) is 0. The molecule has 1 N–H and O–H groups in total. The summed E-state index contributed by atoms with van der Waals surface area (Å²) < 4.78 is 12.6. The molecule has 0 aliphatic heterocycles. The largest absolute Gasteiger partial charge is 0.497 e. The minimum atomic E-state index is -0.155. The summed E-state index contributed by atoms with van der Waals surface area (Å²) in [4.78, 5) is 13.7. The number of methoxy groups -OCH3 is 2. The summed E-state index contributed by atoms with van der Waals surface area (Å²) in [6, 6.07) is 19.4. The van der Waals surface area contributed by atoms with Crippen LogP contribution in [0.1, 0.15) is 5.56 Å². The summed E-state index contributed by atoms with van der Waals surface area (Å²) in [5.74, 6) is 2.05. The number of thiophene rings is 1. The van der Waals surface area contributed by atoms with Gasteiger partial charge in [-0.3, -0.25) is 9.36 Å². The molecule has 2 aromatic carbocycles. The number of hydrogen-bond acceptors (Lipinski definition) is 7. The third-order valence-electron chi connectivity index (χ3n) is 4.61. The SMILES string of the molecule is COc1cc(NC(=O)CSc2nnc(-c3cccs3)n2Cc2ccccc2)cc(OC)c1. The zero-order chi connectivity index (χ0) is 22.3. The van der Waals surface area contributed by atoms with Crippen molar-refractivity contribution in [1.82, 2.24) is 14.8 Å². The van der Waals surface area contributed by atoms with Crippen LogP contribution in [-0.2, 0) is 11.3 Å². The number of thioether (sulfide) groups is 1. The highest BCUT2D eigenvalue weighted by Gasteiger charge is 2.17. The molecule has 1 amide bonds. The number of nitrogens with one attached hydrogen (secondary N) is 1. The van der Waals surface area contributed by atoms with Gasteiger partial charge in [0.2, 0.25) is 5.91 Å². The van der Waals surface area contributed by atoms with Crippen molar-refractivity contribution < 1.29 is 14.3 Å². The summed E-state index contributed by atoms with van der Waals surface area (Å²) >= 11 is 2.96. The van der Waals surface area contributed by atoms with Gasteiger partial charge in [0.1, 0.15) is 11.5 Å². The van der Waals surface area contributed by atoms with E-state index in [1.165, 1.54) is 11.8 Å². The first kappa shape index (κ1) is 21.9. The van der Waals surface area contributed by atoms with Gasteiger partial charge in [-0.2, -0.15) is 0 Å². The zero-order valence-electron chi connectivity index (χ0n) is 17.6. The molecule has 9 heteroatoms. The van der Waals surface area contributed by atoms with E-state index in [1.807, 2.05) is 40.3 Å². The Morgan fingerprint density at radius 2 is 1.78 bits per heavy atom. The van der Waals surface area contributed by atoms with Gasteiger partial charge < -0.3 is 14.8 Å². The highest BCUT2D eigenvalue weighted by atomic mass is 32.2. The van der Waals surface area contributed by atoms with Crippen molar-refractivity contribution >= 4 is 34.7 Å². The first-order valence-corrected chi connectivity index (χ1v) is 11.7. The molecule has 0 bridgehead atoms. The van der Waals surface area contributed by atoms with E-state index in [0.29, 0.717) is 28.9 Å². The van der Waals surface area contributed by atoms with Gasteiger partial charge in [-0.25, -0.2) is 0 Å². The number of hydrogen-bond donors (Lipinski definition) is 1. The number of rotatable bonds is 9. The monoisotopic (exact) mass is 466 g/mol. The van der Waals surface area contributed by atoms with E-state index in [2.05, 4.69) is 27.6 Å². The van der Waals surface area contributed by atoms with E-state index >= 15 is 0 Å². The summed E-state index contributed by atoms with van der Waals surface area (Å²) in [5, 5.41) is 14.4. The lowest BCUT2D eigenvalue weighted by Crippen LogP contribution is -2.15. The maximum Gasteiger partial charge on any atom is 0.234 e. The second-order valence-corrected chi connectivity index (χ2v) is 8.68. The van der Waals surface area contributed by atoms with Crippen LogP contribution < -0.4 is 14.8 Å². The molecule has 0 aliphatic rings. The maximum atomic E-state index is 12.6. The van der Waals surface area contributed by atoms with E-state index in [4.69, 9.17) is 9.47 Å². The predicted molar refractivity (Wildman–Crippen MR) is 128 cm³/mol. The van der Waals surface area contributed by atoms with Crippen LogP contribution in [0.15, 0.2) is 71.2 Å². The van der Waals surface area contributed by atoms with Crippen LogP contribution in [0.2, 0.25) is 0 Å². The van der Waals surface area contributed by atoms with Crippen LogP contribution in [0.25, 0.3) is 10.7 Å². The average molecular weight is 467 g/mol. The van der Waals surface area contributed by atoms with Crippen LogP contribution >= 0.6 is 23.1 Å². The summed E-state index contributed by atoms with van der Waals surface area (Å²) in [6.45, 7) is 0.623. The molecule has 0 unspecified atom stereocenters. The first-order chi connectivity index (χ1) is 15.7. The van der Waals surface area contributed by atoms with Gasteiger partial charge in [0.15, 0.2) is 11.0 Å². The highest BCUT2D eigenvalue weighted by Crippen LogP contribution is 2.29. The van der Waals surface area contributed by atoms with E-state index in [1.54, 1.807) is 43.8 Å². The maximum absolute atomic E-state index is 12.6. The summed E-state index contributed by atoms with van der Waals surface area (Å²) in [7, 11) is 3.14. The van der Waals surface area contributed by atoms with Crippen LogP contribution in [0.4, 0.5) is 5.69 Å². The molecule has 4 aromatic rings. The molecule has 0 saturated heterocycles. The Kier molecular flexibility index (Phi) is 7.08. The van der Waals surface area contributed by atoms with Gasteiger partial charge >= 0.3 is 0 Å². The van der Waals surface area contributed by atoms with Gasteiger partial charge in [-0.15, -0.1) is 21.5 Å². The Balaban J connectivity index is 1.50. The molecule has 2 heterocycles. The fraction of sp³-hybridized carbons (Fsp3) is 0.174. The van der Waals surface area contributed by atoms with Gasteiger partial charge in [-0.05, 0) is 17.0 Å². The first-order valence-electron chi connectivity index (χ1n) is 9.83. The molecule has 32 heavy (non-hydrogen) atoms. The standard InChI is InChI=1S/C23H22N4O3S2/c1-29-18-11-17(12-19(13-18)30-2)24-21(28)15-32-23-26-25-22(20-9-6-10-31-20)27(23)14-16-7-4-3-5-8-16/h3-13H,14-15H2,1-2H3,(H,24,28). The van der Waals surface area contributed by atoms with Crippen molar-refractivity contribution in [2.24, 2.45) is 0 Å². The topological polar surface area (TPSA) is 78.3 Å². The number of benzene rings is 2. The molecular formula is C23H22N4O3S2. The van der Waals surface area contributed by atoms with Crippen molar-refractivity contribution in [3.8, 4) is 22.2 Å². The van der Waals surface area contributed by atoms with Crippen LogP contribution in [0.3, 0.4) is 0 Å². The highest BCUT2D eigenvalue weighted by molar-refractivity contribution is 7.99. The molecule has 4 rings (SSSR count). The minimum absolute atomic E-state index is 0.155. The van der Waals surface area contributed by atoms with Gasteiger partial charge in [0, 0.05) is 23.9 Å². The zero-order valence-corrected chi connectivity index (χ0v) is 19.3. The smallest absolute Gasteiger partial charge is 0.234 e. The van der Waals surface area contributed by atoms with Gasteiger partial charge in [0.25, 0.3) is 0 Å². The Hall–Kier alpha value is -3.30. The Bertz CT molecular complexity index is 1160. The summed E-state index contributed by atoms with van der Waals surface area (Å²) in [5.41, 5.74) is 1.75. The lowest BCUT2D eigenvalue weighted by molar-refractivity contribution is -0.113. The third kappa shape index (κ3) is 5.30. The number of amides is 1. The second-order valence-electron chi connectivity index (χ2n) is 6.79. The van der Waals surface area contributed by atoms with Gasteiger partial charge in [-0.1, -0.05) is 48.2 Å². The molecule has 164 valence electrons. The molecular weight excluding hydrogens is 444 g/mol. The number of aromatic nitrogens is 3. The average Bonchev–Trinajstić information content (AvgIpc) is 3.48. The minimum Gasteiger partial charge on any atom is -0.497 e. The Morgan fingerprint density at radius 3 is 2.44 bits per heavy atom. The molecule has 7 nitrogen and oxygen atoms in total. The van der Waals surface area contributed by atoms with E-state index in [0.717, 1.165) is 16.3 Å². The molecule has 0 fully saturated rings. The second kappa shape index (κ2) is 10.3. The van der Waals surface area contributed by atoms with Crippen molar-refractivity contribution in [2.75, 3.05) is 25.3 Å². The van der Waals surface area contributed by atoms with Crippen LogP contribution in [0.5, 0.6) is 11.5 Å². The molecule has 0 atom stereocenters. The molecule has 0 aliphatic carbocycles. The quantitative estimate of drug-likeness (QED) is 0.357. The van der Waals surface area contributed by atoms with Gasteiger partial charge in [0.05, 0.1) is 31.4 Å². The number of carbonyl (C=O) groups excluding carboxylic acids is 1. The van der Waals surface area contributed by atoms with E-state index in [9.17, 15) is 4.79 Å². The molecule has 0 radical (unpaired) electrons. The predicted octanol–water partition coefficient (Wildman–Crippen LogP) is 4.80. The molecule has 2 aromatic heterocycles. The van der Waals surface area contributed by atoms with E-state index < -0.39 is 0 Å². The number of nitrogens with zero attached hydrogens (tertiary/aromatic N) is 3. The van der Waals surface area contributed by atoms with Crippen molar-refractivity contribution in [1.29, 1.82) is 0 Å². The number of anilines is 1. The van der Waals surface area contributed by atoms with E-state index in [-0.39, 0.29) is 11.7 Å². The Morgan fingerprint density at radius 1 is 1.03 bits per heavy atom. The normalized spacial score (nSPS) is 10.7. The fourth-order valence-electron chi connectivity index (χ4n) is 3.10. The number of carbonyl (C=O) groups is 1. The third-order valence-corrected chi connectivity index (χ3v) is 6.44.